The van der Waals surface area contributed by atoms with Crippen molar-refractivity contribution < 1.29 is 32.9 Å². The van der Waals surface area contributed by atoms with Gasteiger partial charge in [-0.2, -0.15) is 9.48 Å². The van der Waals surface area contributed by atoms with Crippen LogP contribution in [-0.4, -0.2) is 100 Å². The first-order chi connectivity index (χ1) is 22.5. The van der Waals surface area contributed by atoms with Gasteiger partial charge in [-0.15, -0.1) is 4.99 Å². The van der Waals surface area contributed by atoms with Crippen molar-refractivity contribution in [3.05, 3.63) is 35.9 Å². The molecule has 288 valence electrons. The second kappa shape index (κ2) is 16.7. The Bertz CT molecular complexity index is 1190. The summed E-state index contributed by atoms with van der Waals surface area (Å²) in [5.41, 5.74) is -1.64. The van der Waals surface area contributed by atoms with Crippen LogP contribution in [0.1, 0.15) is 136 Å². The van der Waals surface area contributed by atoms with Crippen LogP contribution < -0.4 is 0 Å². The van der Waals surface area contributed by atoms with Gasteiger partial charge in [0.05, 0.1) is 33.6 Å². The molecule has 1 aliphatic heterocycles. The minimum atomic E-state index is -0.526. The molecule has 0 bridgehead atoms. The molecule has 50 heavy (non-hydrogen) atoms. The molecule has 11 nitrogen and oxygen atoms in total. The zero-order valence-electron chi connectivity index (χ0n) is 34.9. The van der Waals surface area contributed by atoms with Crippen molar-refractivity contribution in [2.45, 2.75) is 164 Å². The standard InChI is InChI=1S/C39H72N5O6/c1-34(2,3)45-24-42(25-46-35(4,5)6)32-40-31(30-22-20-19-21-23-30)44(28-49-38(13,14)15,29-50-39(16,17)18)33(41-32)43(26-47-36(7,8)9)27-48-37(10,11)12/h19-23,31H,24-29H2,1-18H3/q+1. The first kappa shape index (κ1) is 44.0. The molecule has 0 saturated heterocycles. The number of hydrogen-bond donors (Lipinski definition) is 0. The Kier molecular flexibility index (Phi) is 14.7. The van der Waals surface area contributed by atoms with E-state index in [2.05, 4.69) is 53.7 Å². The summed E-state index contributed by atoms with van der Waals surface area (Å²) < 4.78 is 39.2. The van der Waals surface area contributed by atoms with Gasteiger partial charge in [-0.25, -0.2) is 0 Å². The topological polar surface area (TPSA) is 86.6 Å². The molecule has 0 aliphatic carbocycles. The SMILES string of the molecule is CC(C)(C)OCN(COC(C)(C)C)C1=NC(c2ccccc2)[N+](COC(C)(C)C)(COC(C)(C)C)C(N(COC(C)(C)C)COC(C)(C)C)=N1. The van der Waals surface area contributed by atoms with Crippen molar-refractivity contribution in [1.29, 1.82) is 0 Å². The van der Waals surface area contributed by atoms with E-state index >= 15 is 0 Å². The van der Waals surface area contributed by atoms with Crippen LogP contribution in [0.2, 0.25) is 0 Å². The van der Waals surface area contributed by atoms with Crippen molar-refractivity contribution >= 4 is 11.9 Å². The Morgan fingerprint density at radius 3 is 1.18 bits per heavy atom. The maximum absolute atomic E-state index is 6.71. The number of benzene rings is 1. The van der Waals surface area contributed by atoms with Gasteiger partial charge in [-0.1, -0.05) is 30.3 Å². The largest absolute Gasteiger partial charge is 0.355 e. The molecule has 1 aromatic carbocycles. The van der Waals surface area contributed by atoms with E-state index in [-0.39, 0.29) is 44.9 Å². The van der Waals surface area contributed by atoms with Crippen LogP contribution in [0.4, 0.5) is 0 Å². The first-order valence-corrected chi connectivity index (χ1v) is 17.9. The maximum atomic E-state index is 6.71. The fourth-order valence-corrected chi connectivity index (χ4v) is 4.34. The lowest BCUT2D eigenvalue weighted by atomic mass is 10.1. The third-order valence-corrected chi connectivity index (χ3v) is 7.04. The van der Waals surface area contributed by atoms with Crippen LogP contribution in [0.5, 0.6) is 0 Å². The summed E-state index contributed by atoms with van der Waals surface area (Å²) >= 11 is 0. The molecule has 0 radical (unpaired) electrons. The first-order valence-electron chi connectivity index (χ1n) is 17.9. The lowest BCUT2D eigenvalue weighted by molar-refractivity contribution is -0.920. The Hall–Kier alpha value is -2.12. The molecule has 0 amide bonds. The monoisotopic (exact) mass is 707 g/mol. The highest BCUT2D eigenvalue weighted by Gasteiger charge is 2.52. The number of hydrogen-bond acceptors (Lipinski definition) is 10. The Morgan fingerprint density at radius 2 is 0.840 bits per heavy atom. The molecule has 0 N–H and O–H groups in total. The van der Waals surface area contributed by atoms with Crippen molar-refractivity contribution in [3.63, 3.8) is 0 Å². The third kappa shape index (κ3) is 16.0. The molecule has 1 aromatic rings. The summed E-state index contributed by atoms with van der Waals surface area (Å²) in [6.07, 6.45) is -0.526. The van der Waals surface area contributed by atoms with E-state index in [0.29, 0.717) is 11.9 Å². The average Bonchev–Trinajstić information content (AvgIpc) is 2.92. The second-order valence-corrected chi connectivity index (χ2v) is 19.1. The van der Waals surface area contributed by atoms with Gasteiger partial charge >= 0.3 is 5.96 Å². The number of nitrogens with zero attached hydrogens (tertiary/aromatic N) is 5. The van der Waals surface area contributed by atoms with Gasteiger partial charge in [0.2, 0.25) is 12.1 Å². The molecule has 0 saturated carbocycles. The van der Waals surface area contributed by atoms with Crippen LogP contribution in [0.25, 0.3) is 0 Å². The van der Waals surface area contributed by atoms with E-state index < -0.39 is 39.8 Å². The molecular weight excluding hydrogens is 634 g/mol. The molecule has 0 aromatic heterocycles. The minimum Gasteiger partial charge on any atom is -0.355 e. The fourth-order valence-electron chi connectivity index (χ4n) is 4.34. The molecular formula is C39H72N5O6+. The van der Waals surface area contributed by atoms with Gasteiger partial charge in [-0.3, -0.25) is 9.80 Å². The smallest absolute Gasteiger partial charge is 0.317 e. The highest BCUT2D eigenvalue weighted by atomic mass is 16.6. The summed E-state index contributed by atoms with van der Waals surface area (Å²) in [6, 6.07) is 10.3. The number of ether oxygens (including phenoxy) is 6. The van der Waals surface area contributed by atoms with Gasteiger partial charge in [0.1, 0.15) is 26.9 Å². The molecule has 1 heterocycles. The Balaban J connectivity index is 3.03. The van der Waals surface area contributed by atoms with Crippen LogP contribution >= 0.6 is 0 Å². The van der Waals surface area contributed by atoms with E-state index in [1.807, 2.05) is 111 Å². The third-order valence-electron chi connectivity index (χ3n) is 7.04. The predicted molar refractivity (Wildman–Crippen MR) is 202 cm³/mol. The Morgan fingerprint density at radius 1 is 0.500 bits per heavy atom. The number of aliphatic imine (C=N–C) groups is 2. The maximum Gasteiger partial charge on any atom is 0.317 e. The molecule has 0 spiro atoms. The average molecular weight is 707 g/mol. The van der Waals surface area contributed by atoms with E-state index in [4.69, 9.17) is 38.4 Å². The summed E-state index contributed by atoms with van der Waals surface area (Å²) in [7, 11) is 0. The molecule has 11 heteroatoms. The van der Waals surface area contributed by atoms with Crippen LogP contribution in [0.3, 0.4) is 0 Å². The zero-order valence-corrected chi connectivity index (χ0v) is 34.9. The summed E-state index contributed by atoms with van der Waals surface area (Å²) in [5, 5.41) is 0. The highest BCUT2D eigenvalue weighted by molar-refractivity contribution is 5.93. The molecule has 2 rings (SSSR count). The number of rotatable bonds is 13. The fraction of sp³-hybridized carbons (Fsp3) is 0.795. The molecule has 1 atom stereocenters. The van der Waals surface area contributed by atoms with E-state index in [9.17, 15) is 0 Å². The summed E-state index contributed by atoms with van der Waals surface area (Å²) in [6.45, 7) is 38.0. The van der Waals surface area contributed by atoms with E-state index in [1.54, 1.807) is 0 Å². The lowest BCUT2D eigenvalue weighted by Gasteiger charge is -2.48. The second-order valence-electron chi connectivity index (χ2n) is 19.1. The molecule has 1 unspecified atom stereocenters. The predicted octanol–water partition coefficient (Wildman–Crippen LogP) is 8.47. The van der Waals surface area contributed by atoms with Crippen LogP contribution in [0.15, 0.2) is 40.3 Å². The quantitative estimate of drug-likeness (QED) is 0.149. The van der Waals surface area contributed by atoms with Gasteiger partial charge < -0.3 is 28.4 Å². The zero-order chi connectivity index (χ0) is 38.4. The lowest BCUT2D eigenvalue weighted by Crippen LogP contribution is -2.66. The van der Waals surface area contributed by atoms with E-state index in [0.717, 1.165) is 5.56 Å². The van der Waals surface area contributed by atoms with Crippen LogP contribution in [-0.2, 0) is 28.4 Å². The van der Waals surface area contributed by atoms with Gasteiger partial charge in [0.25, 0.3) is 0 Å². The number of guanidine groups is 2. The number of quaternary nitrogens is 1. The van der Waals surface area contributed by atoms with Crippen molar-refractivity contribution in [1.82, 2.24) is 9.80 Å². The highest BCUT2D eigenvalue weighted by Crippen LogP contribution is 2.38. The van der Waals surface area contributed by atoms with Crippen LogP contribution in [0, 0.1) is 0 Å². The summed E-state index contributed by atoms with van der Waals surface area (Å²) in [4.78, 5) is 14.9. The molecule has 1 aliphatic rings. The van der Waals surface area contributed by atoms with Crippen molar-refractivity contribution in [2.75, 3.05) is 40.4 Å². The normalized spacial score (nSPS) is 17.8. The molecule has 0 fully saturated rings. The van der Waals surface area contributed by atoms with Crippen molar-refractivity contribution in [2.24, 2.45) is 9.98 Å². The van der Waals surface area contributed by atoms with Gasteiger partial charge in [0.15, 0.2) is 13.5 Å². The van der Waals surface area contributed by atoms with Crippen molar-refractivity contribution in [3.8, 4) is 0 Å². The van der Waals surface area contributed by atoms with Gasteiger partial charge in [-0.05, 0) is 125 Å². The Labute approximate surface area is 304 Å². The summed E-state index contributed by atoms with van der Waals surface area (Å²) in [5.74, 6) is 1.11. The van der Waals surface area contributed by atoms with Gasteiger partial charge in [0, 0.05) is 5.56 Å². The van der Waals surface area contributed by atoms with E-state index in [1.165, 1.54) is 0 Å². The minimum absolute atomic E-state index is 0.0944.